The van der Waals surface area contributed by atoms with Gasteiger partial charge >= 0.3 is 0 Å². The molecule has 114 valence electrons. The first-order chi connectivity index (χ1) is 10.4. The van der Waals surface area contributed by atoms with Gasteiger partial charge in [-0.3, -0.25) is 0 Å². The molecule has 0 amide bonds. The molecule has 0 unspecified atom stereocenters. The maximum atomic E-state index is 10.4. The summed E-state index contributed by atoms with van der Waals surface area (Å²) in [4.78, 5) is 1.53. The molecule has 0 aliphatic carbocycles. The highest BCUT2D eigenvalue weighted by Crippen LogP contribution is 2.34. The van der Waals surface area contributed by atoms with Crippen LogP contribution in [-0.2, 0) is 5.41 Å². The third-order valence-corrected chi connectivity index (χ3v) is 4.45. The summed E-state index contributed by atoms with van der Waals surface area (Å²) in [6.45, 7) is 8.49. The molecular weight excluding hydrogens is 274 g/mol. The van der Waals surface area contributed by atoms with Gasteiger partial charge in [-0.05, 0) is 48.1 Å². The molecule has 0 radical (unpaired) electrons. The lowest BCUT2D eigenvalue weighted by Crippen LogP contribution is -2.16. The van der Waals surface area contributed by atoms with E-state index in [-0.39, 0.29) is 11.2 Å². The van der Waals surface area contributed by atoms with Crippen LogP contribution in [0, 0.1) is 6.92 Å². The summed E-state index contributed by atoms with van der Waals surface area (Å²) in [6, 6.07) is 11.7. The predicted octanol–water partition coefficient (Wildman–Crippen LogP) is 4.12. The van der Waals surface area contributed by atoms with Crippen LogP contribution in [0.3, 0.4) is 0 Å². The Morgan fingerprint density at radius 2 is 1.68 bits per heavy atom. The van der Waals surface area contributed by atoms with Crippen molar-refractivity contribution < 1.29 is 5.11 Å². The van der Waals surface area contributed by atoms with Gasteiger partial charge in [0.15, 0.2) is 0 Å². The summed E-state index contributed by atoms with van der Waals surface area (Å²) in [5.74, 6) is 0.232. The van der Waals surface area contributed by atoms with Crippen molar-refractivity contribution in [2.75, 3.05) is 0 Å². The lowest BCUT2D eigenvalue weighted by atomic mass is 9.81. The normalized spacial score (nSPS) is 12.0. The maximum absolute atomic E-state index is 10.4. The Morgan fingerprint density at radius 3 is 2.23 bits per heavy atom. The first-order valence-corrected chi connectivity index (χ1v) is 7.59. The van der Waals surface area contributed by atoms with Gasteiger partial charge in [0.2, 0.25) is 0 Å². The number of phenols is 1. The second kappa shape index (κ2) is 5.13. The summed E-state index contributed by atoms with van der Waals surface area (Å²) in [5, 5.41) is 19.4. The molecule has 1 heterocycles. The van der Waals surface area contributed by atoms with Crippen molar-refractivity contribution in [2.45, 2.75) is 39.5 Å². The highest BCUT2D eigenvalue weighted by atomic mass is 16.3. The van der Waals surface area contributed by atoms with Crippen LogP contribution in [-0.4, -0.2) is 20.1 Å². The Kier molecular flexibility index (Phi) is 3.39. The number of nitrogens with zero attached hydrogens (tertiary/aromatic N) is 3. The molecule has 4 heteroatoms. The molecule has 0 aliphatic rings. The summed E-state index contributed by atoms with van der Waals surface area (Å²) in [7, 11) is 0. The SMILES string of the molecule is CCC(C)(C)c1cc(C)c(O)c(-n2nc3ccccc3n2)c1. The number of phenolic OH excluding ortho intramolecular Hbond substituents is 1. The second-order valence-corrected chi connectivity index (χ2v) is 6.38. The lowest BCUT2D eigenvalue weighted by molar-refractivity contribution is 0.459. The zero-order chi connectivity index (χ0) is 15.9. The monoisotopic (exact) mass is 295 g/mol. The summed E-state index contributed by atoms with van der Waals surface area (Å²) >= 11 is 0. The fourth-order valence-electron chi connectivity index (χ4n) is 2.48. The Bertz CT molecular complexity index is 800. The van der Waals surface area contributed by atoms with Crippen LogP contribution in [0.2, 0.25) is 0 Å². The average molecular weight is 295 g/mol. The maximum Gasteiger partial charge on any atom is 0.146 e. The second-order valence-electron chi connectivity index (χ2n) is 6.38. The highest BCUT2D eigenvalue weighted by Gasteiger charge is 2.22. The topological polar surface area (TPSA) is 50.9 Å². The van der Waals surface area contributed by atoms with Gasteiger partial charge in [0.1, 0.15) is 22.5 Å². The number of aryl methyl sites for hydroxylation is 1. The van der Waals surface area contributed by atoms with Crippen molar-refractivity contribution in [1.29, 1.82) is 0 Å². The minimum absolute atomic E-state index is 0.0415. The number of aromatic hydroxyl groups is 1. The van der Waals surface area contributed by atoms with Crippen LogP contribution in [0.1, 0.15) is 38.3 Å². The molecule has 0 saturated heterocycles. The molecule has 0 bridgehead atoms. The van der Waals surface area contributed by atoms with Crippen molar-refractivity contribution >= 4 is 11.0 Å². The molecule has 4 nitrogen and oxygen atoms in total. The minimum atomic E-state index is 0.0415. The van der Waals surface area contributed by atoms with Gasteiger partial charge in [0.25, 0.3) is 0 Å². The first-order valence-electron chi connectivity index (χ1n) is 7.59. The van der Waals surface area contributed by atoms with Crippen LogP contribution in [0.25, 0.3) is 16.7 Å². The van der Waals surface area contributed by atoms with Gasteiger partial charge in [-0.2, -0.15) is 0 Å². The Morgan fingerprint density at radius 1 is 1.09 bits per heavy atom. The van der Waals surface area contributed by atoms with Gasteiger partial charge in [-0.1, -0.05) is 39.0 Å². The number of benzene rings is 2. The minimum Gasteiger partial charge on any atom is -0.505 e. The number of fused-ring (bicyclic) bond motifs is 1. The van der Waals surface area contributed by atoms with Crippen LogP contribution in [0.15, 0.2) is 36.4 Å². The fraction of sp³-hybridized carbons (Fsp3) is 0.333. The molecule has 0 aliphatic heterocycles. The summed E-state index contributed by atoms with van der Waals surface area (Å²) < 4.78 is 0. The molecule has 0 atom stereocenters. The predicted molar refractivity (Wildman–Crippen MR) is 88.6 cm³/mol. The van der Waals surface area contributed by atoms with Gasteiger partial charge in [-0.25, -0.2) is 0 Å². The summed E-state index contributed by atoms with van der Waals surface area (Å²) in [5.41, 5.74) is 4.34. The quantitative estimate of drug-likeness (QED) is 0.790. The largest absolute Gasteiger partial charge is 0.505 e. The zero-order valence-corrected chi connectivity index (χ0v) is 13.5. The van der Waals surface area contributed by atoms with E-state index in [4.69, 9.17) is 0 Å². The van der Waals surface area contributed by atoms with E-state index < -0.39 is 0 Å². The third-order valence-electron chi connectivity index (χ3n) is 4.45. The standard InChI is InChI=1S/C18H21N3O/c1-5-18(3,4)13-10-12(2)17(22)16(11-13)21-19-14-8-6-7-9-15(14)20-21/h6-11,22H,5H2,1-4H3. The van der Waals surface area contributed by atoms with E-state index in [0.717, 1.165) is 23.0 Å². The Balaban J connectivity index is 2.21. The van der Waals surface area contributed by atoms with Crippen molar-refractivity contribution in [3.8, 4) is 11.4 Å². The van der Waals surface area contributed by atoms with E-state index >= 15 is 0 Å². The highest BCUT2D eigenvalue weighted by molar-refractivity contribution is 5.73. The smallest absolute Gasteiger partial charge is 0.146 e. The molecule has 22 heavy (non-hydrogen) atoms. The number of aromatic nitrogens is 3. The lowest BCUT2D eigenvalue weighted by Gasteiger charge is -2.25. The van der Waals surface area contributed by atoms with E-state index in [0.29, 0.717) is 5.69 Å². The molecule has 0 saturated carbocycles. The Hall–Kier alpha value is -2.36. The van der Waals surface area contributed by atoms with Gasteiger partial charge in [-0.15, -0.1) is 15.0 Å². The molecule has 2 aromatic carbocycles. The van der Waals surface area contributed by atoms with Crippen LogP contribution in [0.4, 0.5) is 0 Å². The molecule has 3 rings (SSSR count). The van der Waals surface area contributed by atoms with Crippen LogP contribution >= 0.6 is 0 Å². The number of rotatable bonds is 3. The van der Waals surface area contributed by atoms with Crippen molar-refractivity contribution in [3.05, 3.63) is 47.5 Å². The van der Waals surface area contributed by atoms with Crippen molar-refractivity contribution in [1.82, 2.24) is 15.0 Å². The van der Waals surface area contributed by atoms with Crippen molar-refractivity contribution in [2.24, 2.45) is 0 Å². The molecule has 1 aromatic heterocycles. The Labute approximate surface area is 130 Å². The zero-order valence-electron chi connectivity index (χ0n) is 13.5. The van der Waals surface area contributed by atoms with Crippen LogP contribution < -0.4 is 0 Å². The average Bonchev–Trinajstić information content (AvgIpc) is 2.93. The molecule has 0 fully saturated rings. The molecular formula is C18H21N3O. The number of hydrogen-bond donors (Lipinski definition) is 1. The summed E-state index contributed by atoms with van der Waals surface area (Å²) in [6.07, 6.45) is 1.02. The molecule has 1 N–H and O–H groups in total. The van der Waals surface area contributed by atoms with E-state index in [9.17, 15) is 5.11 Å². The third kappa shape index (κ3) is 2.34. The van der Waals surface area contributed by atoms with E-state index in [1.165, 1.54) is 10.4 Å². The molecule has 3 aromatic rings. The van der Waals surface area contributed by atoms with E-state index in [1.54, 1.807) is 0 Å². The fourth-order valence-corrected chi connectivity index (χ4v) is 2.48. The van der Waals surface area contributed by atoms with Crippen molar-refractivity contribution in [3.63, 3.8) is 0 Å². The number of hydrogen-bond acceptors (Lipinski definition) is 3. The van der Waals surface area contributed by atoms with E-state index in [1.807, 2.05) is 43.3 Å². The van der Waals surface area contributed by atoms with E-state index in [2.05, 4.69) is 31.0 Å². The first kappa shape index (κ1) is 14.6. The van der Waals surface area contributed by atoms with Gasteiger partial charge in [0.05, 0.1) is 0 Å². The molecule has 0 spiro atoms. The van der Waals surface area contributed by atoms with Gasteiger partial charge in [0, 0.05) is 0 Å². The van der Waals surface area contributed by atoms with Crippen LogP contribution in [0.5, 0.6) is 5.75 Å². The van der Waals surface area contributed by atoms with Gasteiger partial charge < -0.3 is 5.11 Å².